The van der Waals surface area contributed by atoms with Crippen LogP contribution in [0.25, 0.3) is 0 Å². The fourth-order valence-electron chi connectivity index (χ4n) is 2.03. The van der Waals surface area contributed by atoms with Crippen molar-refractivity contribution in [1.29, 1.82) is 0 Å². The maximum Gasteiger partial charge on any atom is 0.246 e. The number of nitrogens with zero attached hydrogens (tertiary/aromatic N) is 2. The number of ether oxygens (including phenoxy) is 1. The van der Waals surface area contributed by atoms with Crippen LogP contribution in [0.15, 0.2) is 0 Å². The molecule has 0 aromatic carbocycles. The molecule has 2 rings (SSSR count). The molecule has 2 aliphatic rings. The fraction of sp³-hybridized carbons (Fsp3) is 0.667. The molecule has 0 bridgehead atoms. The van der Waals surface area contributed by atoms with E-state index in [2.05, 4.69) is 5.32 Å². The van der Waals surface area contributed by atoms with Crippen LogP contribution < -0.4 is 5.32 Å². The first-order valence-corrected chi connectivity index (χ1v) is 7.75. The zero-order valence-corrected chi connectivity index (χ0v) is 12.3. The molecule has 0 unspecified atom stereocenters. The van der Waals surface area contributed by atoms with Crippen LogP contribution in [0.2, 0.25) is 0 Å². The van der Waals surface area contributed by atoms with E-state index in [4.69, 9.17) is 4.74 Å². The van der Waals surface area contributed by atoms with Crippen molar-refractivity contribution in [3.05, 3.63) is 0 Å². The lowest BCUT2D eigenvalue weighted by Gasteiger charge is -2.27. The van der Waals surface area contributed by atoms with E-state index >= 15 is 0 Å². The molecule has 1 N–H and O–H groups in total. The van der Waals surface area contributed by atoms with Crippen molar-refractivity contribution < 1.29 is 23.9 Å². The number of hydrogen-bond acceptors (Lipinski definition) is 6. The minimum Gasteiger partial charge on any atom is -0.378 e. The van der Waals surface area contributed by atoms with Gasteiger partial charge in [-0.15, -0.1) is 11.8 Å². The number of carbonyl (C=O) groups excluding carboxylic acids is 4. The van der Waals surface area contributed by atoms with Crippen molar-refractivity contribution in [2.45, 2.75) is 0 Å². The van der Waals surface area contributed by atoms with Crippen LogP contribution >= 0.6 is 11.8 Å². The molecule has 2 aliphatic heterocycles. The van der Waals surface area contributed by atoms with E-state index in [1.165, 1.54) is 16.7 Å². The number of rotatable bonds is 4. The van der Waals surface area contributed by atoms with E-state index in [1.54, 1.807) is 4.90 Å². The summed E-state index contributed by atoms with van der Waals surface area (Å²) >= 11 is 1.19. The predicted molar refractivity (Wildman–Crippen MR) is 74.5 cm³/mol. The molecule has 2 fully saturated rings. The molecule has 0 aromatic rings. The van der Waals surface area contributed by atoms with E-state index < -0.39 is 11.8 Å². The van der Waals surface area contributed by atoms with Crippen molar-refractivity contribution in [3.63, 3.8) is 0 Å². The molecule has 0 radical (unpaired) electrons. The highest BCUT2D eigenvalue weighted by Gasteiger charge is 2.26. The van der Waals surface area contributed by atoms with Gasteiger partial charge in [0.25, 0.3) is 0 Å². The first-order valence-electron chi connectivity index (χ1n) is 6.60. The minimum atomic E-state index is -0.478. The van der Waals surface area contributed by atoms with E-state index in [0.717, 1.165) is 0 Å². The normalized spacial score (nSPS) is 19.4. The van der Waals surface area contributed by atoms with Gasteiger partial charge in [0.05, 0.1) is 24.7 Å². The maximum atomic E-state index is 11.9. The summed E-state index contributed by atoms with van der Waals surface area (Å²) in [7, 11) is 0. The van der Waals surface area contributed by atoms with Crippen LogP contribution in [-0.2, 0) is 23.9 Å². The van der Waals surface area contributed by atoms with Crippen LogP contribution in [-0.4, -0.2) is 84.3 Å². The van der Waals surface area contributed by atoms with Crippen molar-refractivity contribution in [1.82, 2.24) is 15.1 Å². The van der Waals surface area contributed by atoms with E-state index in [-0.39, 0.29) is 36.4 Å². The third-order valence-electron chi connectivity index (χ3n) is 3.12. The Balaban J connectivity index is 1.70. The Labute approximate surface area is 126 Å². The Morgan fingerprint density at radius 3 is 2.10 bits per heavy atom. The third-order valence-corrected chi connectivity index (χ3v) is 4.02. The van der Waals surface area contributed by atoms with Crippen LogP contribution in [0.1, 0.15) is 0 Å². The molecule has 0 aliphatic carbocycles. The van der Waals surface area contributed by atoms with Gasteiger partial charge in [0.1, 0.15) is 13.1 Å². The summed E-state index contributed by atoms with van der Waals surface area (Å²) < 4.78 is 5.16. The average molecular weight is 315 g/mol. The van der Waals surface area contributed by atoms with Gasteiger partial charge in [-0.1, -0.05) is 0 Å². The molecule has 2 heterocycles. The molecule has 0 atom stereocenters. The summed E-state index contributed by atoms with van der Waals surface area (Å²) in [5.74, 6) is -0.999. The van der Waals surface area contributed by atoms with Crippen molar-refractivity contribution >= 4 is 35.4 Å². The maximum absolute atomic E-state index is 11.9. The number of hydrogen-bond donors (Lipinski definition) is 1. The van der Waals surface area contributed by atoms with Crippen LogP contribution in [0.3, 0.4) is 0 Å². The Morgan fingerprint density at radius 1 is 1.00 bits per heavy atom. The topological polar surface area (TPSA) is 96.0 Å². The molecular weight excluding hydrogens is 298 g/mol. The van der Waals surface area contributed by atoms with E-state index in [1.807, 2.05) is 0 Å². The Morgan fingerprint density at radius 2 is 1.52 bits per heavy atom. The number of piperazine rings is 1. The molecule has 0 saturated carbocycles. The molecule has 4 amide bonds. The van der Waals surface area contributed by atoms with Gasteiger partial charge in [-0.2, -0.15) is 0 Å². The number of imide groups is 1. The second-order valence-corrected chi connectivity index (χ2v) is 5.69. The summed E-state index contributed by atoms with van der Waals surface area (Å²) in [5, 5.41) is 2.13. The fourth-order valence-corrected chi connectivity index (χ4v) is 2.85. The second kappa shape index (κ2) is 7.41. The highest BCUT2D eigenvalue weighted by molar-refractivity contribution is 8.00. The Bertz CT molecular complexity index is 434. The highest BCUT2D eigenvalue weighted by Crippen LogP contribution is 2.07. The summed E-state index contributed by atoms with van der Waals surface area (Å²) in [5.41, 5.74) is 0. The molecule has 9 heteroatoms. The highest BCUT2D eigenvalue weighted by atomic mass is 32.2. The van der Waals surface area contributed by atoms with E-state index in [0.29, 0.717) is 26.3 Å². The molecular formula is C12H17N3O5S. The second-order valence-electron chi connectivity index (χ2n) is 4.71. The van der Waals surface area contributed by atoms with Gasteiger partial charge in [0, 0.05) is 13.1 Å². The lowest BCUT2D eigenvalue weighted by molar-refractivity contribution is -0.144. The largest absolute Gasteiger partial charge is 0.378 e. The van der Waals surface area contributed by atoms with Crippen molar-refractivity contribution in [2.75, 3.05) is 50.9 Å². The zero-order chi connectivity index (χ0) is 15.2. The van der Waals surface area contributed by atoms with Gasteiger partial charge in [-0.3, -0.25) is 24.5 Å². The third kappa shape index (κ3) is 4.71. The number of morpholine rings is 1. The lowest BCUT2D eigenvalue weighted by Crippen LogP contribution is -2.53. The van der Waals surface area contributed by atoms with Crippen LogP contribution in [0.5, 0.6) is 0 Å². The van der Waals surface area contributed by atoms with Gasteiger partial charge in [0.15, 0.2) is 0 Å². The van der Waals surface area contributed by atoms with Gasteiger partial charge in [-0.25, -0.2) is 0 Å². The van der Waals surface area contributed by atoms with Crippen LogP contribution in [0.4, 0.5) is 0 Å². The number of carbonyl (C=O) groups is 4. The summed E-state index contributed by atoms with van der Waals surface area (Å²) in [6.45, 7) is 2.02. The Kier molecular flexibility index (Phi) is 5.57. The first-order chi connectivity index (χ1) is 10.1. The molecule has 2 saturated heterocycles. The van der Waals surface area contributed by atoms with Gasteiger partial charge in [-0.05, 0) is 0 Å². The molecule has 0 spiro atoms. The summed E-state index contributed by atoms with van der Waals surface area (Å²) in [6.07, 6.45) is 0. The first kappa shape index (κ1) is 15.8. The quantitative estimate of drug-likeness (QED) is 0.607. The van der Waals surface area contributed by atoms with E-state index in [9.17, 15) is 19.2 Å². The van der Waals surface area contributed by atoms with Crippen molar-refractivity contribution in [3.8, 4) is 0 Å². The summed E-state index contributed by atoms with van der Waals surface area (Å²) in [4.78, 5) is 49.0. The number of amides is 4. The van der Waals surface area contributed by atoms with Crippen molar-refractivity contribution in [2.24, 2.45) is 0 Å². The molecule has 21 heavy (non-hydrogen) atoms. The number of thioether (sulfide) groups is 1. The monoisotopic (exact) mass is 315 g/mol. The minimum absolute atomic E-state index is 0.0245. The zero-order valence-electron chi connectivity index (χ0n) is 11.5. The molecule has 0 aromatic heterocycles. The van der Waals surface area contributed by atoms with Gasteiger partial charge in [0.2, 0.25) is 23.6 Å². The van der Waals surface area contributed by atoms with Crippen LogP contribution in [0, 0.1) is 0 Å². The number of nitrogens with one attached hydrogen (secondary N) is 1. The Hall–Kier alpha value is -1.61. The smallest absolute Gasteiger partial charge is 0.246 e. The predicted octanol–water partition coefficient (Wildman–Crippen LogP) is -1.94. The molecule has 116 valence electrons. The standard InChI is InChI=1S/C12H17N3O5S/c16-9-5-15(6-10(17)13-9)12(19)8-21-7-11(18)14-1-3-20-4-2-14/h1-8H2,(H,13,16,17). The lowest BCUT2D eigenvalue weighted by atomic mass is 10.3. The average Bonchev–Trinajstić information content (AvgIpc) is 2.47. The SMILES string of the molecule is O=C1CN(C(=O)CSCC(=O)N2CCOCC2)CC(=O)N1. The molecule has 8 nitrogen and oxygen atoms in total. The van der Waals surface area contributed by atoms with Gasteiger partial charge >= 0.3 is 0 Å². The summed E-state index contributed by atoms with van der Waals surface area (Å²) in [6, 6.07) is 0. The van der Waals surface area contributed by atoms with Gasteiger partial charge < -0.3 is 14.5 Å².